The number of amides is 3. The van der Waals surface area contributed by atoms with Crippen molar-refractivity contribution >= 4 is 50.9 Å². The molecule has 3 heterocycles. The zero-order valence-electron chi connectivity index (χ0n) is 17.1. The molecule has 30 heavy (non-hydrogen) atoms. The molecule has 3 amide bonds. The highest BCUT2D eigenvalue weighted by molar-refractivity contribution is 9.10. The Kier molecular flexibility index (Phi) is 7.14. The summed E-state index contributed by atoms with van der Waals surface area (Å²) < 4.78 is 7.43. The van der Waals surface area contributed by atoms with Crippen LogP contribution in [0.25, 0.3) is 0 Å². The Morgan fingerprint density at radius 3 is 2.53 bits per heavy atom. The lowest BCUT2D eigenvalue weighted by Crippen LogP contribution is -2.52. The molecule has 1 aliphatic rings. The van der Waals surface area contributed by atoms with Crippen molar-refractivity contribution in [2.75, 3.05) is 38.1 Å². The first-order valence-electron chi connectivity index (χ1n) is 9.61. The second-order valence-electron chi connectivity index (χ2n) is 6.88. The maximum absolute atomic E-state index is 12.9. The molecule has 2 aromatic rings. The maximum atomic E-state index is 12.9. The van der Waals surface area contributed by atoms with E-state index in [0.29, 0.717) is 49.0 Å². The zero-order valence-corrected chi connectivity index (χ0v) is 19.5. The molecule has 1 aliphatic heterocycles. The number of hydrogen-bond acceptors (Lipinski definition) is 6. The van der Waals surface area contributed by atoms with E-state index >= 15 is 0 Å². The van der Waals surface area contributed by atoms with Gasteiger partial charge >= 0.3 is 6.09 Å². The lowest BCUT2D eigenvalue weighted by molar-refractivity contribution is -0.136. The van der Waals surface area contributed by atoms with Gasteiger partial charge in [-0.15, -0.1) is 11.3 Å². The summed E-state index contributed by atoms with van der Waals surface area (Å²) in [5.41, 5.74) is 1.20. The molecule has 1 N–H and O–H groups in total. The Hall–Kier alpha value is -2.40. The molecular formula is C19H24BrN5O4S. The van der Waals surface area contributed by atoms with Crippen molar-refractivity contribution in [3.05, 3.63) is 32.7 Å². The molecule has 9 nitrogen and oxygen atoms in total. The number of nitrogens with zero attached hydrogens (tertiary/aromatic N) is 4. The number of hydrogen-bond donors (Lipinski definition) is 1. The van der Waals surface area contributed by atoms with Gasteiger partial charge in [-0.3, -0.25) is 14.3 Å². The van der Waals surface area contributed by atoms with Crippen LogP contribution in [0.2, 0.25) is 0 Å². The Morgan fingerprint density at radius 1 is 1.27 bits per heavy atom. The molecule has 162 valence electrons. The molecule has 0 aromatic carbocycles. The first-order valence-corrected chi connectivity index (χ1v) is 11.3. The predicted molar refractivity (Wildman–Crippen MR) is 117 cm³/mol. The van der Waals surface area contributed by atoms with Gasteiger partial charge in [0.05, 0.1) is 22.9 Å². The first-order chi connectivity index (χ1) is 14.3. The van der Waals surface area contributed by atoms with E-state index in [1.165, 1.54) is 11.3 Å². The summed E-state index contributed by atoms with van der Waals surface area (Å²) in [5, 5.41) is 9.10. The van der Waals surface area contributed by atoms with Crippen LogP contribution in [0.4, 0.5) is 10.5 Å². The number of ether oxygens (including phenoxy) is 1. The second kappa shape index (κ2) is 9.61. The maximum Gasteiger partial charge on any atom is 0.409 e. The second-order valence-corrected chi connectivity index (χ2v) is 8.71. The van der Waals surface area contributed by atoms with Gasteiger partial charge in [-0.05, 0) is 42.8 Å². The molecule has 0 radical (unpaired) electrons. The molecule has 0 aliphatic carbocycles. The predicted octanol–water partition coefficient (Wildman–Crippen LogP) is 3.13. The highest BCUT2D eigenvalue weighted by atomic mass is 79.9. The molecular weight excluding hydrogens is 474 g/mol. The van der Waals surface area contributed by atoms with E-state index in [-0.39, 0.29) is 17.9 Å². The summed E-state index contributed by atoms with van der Waals surface area (Å²) in [6.45, 7) is 7.41. The molecule has 2 aromatic heterocycles. The van der Waals surface area contributed by atoms with Gasteiger partial charge in [0.2, 0.25) is 5.91 Å². The molecule has 3 rings (SSSR count). The third-order valence-electron chi connectivity index (χ3n) is 4.83. The minimum Gasteiger partial charge on any atom is -0.450 e. The van der Waals surface area contributed by atoms with Crippen LogP contribution in [-0.2, 0) is 9.53 Å². The van der Waals surface area contributed by atoms with Crippen molar-refractivity contribution in [3.8, 4) is 0 Å². The standard InChI is InChI=1S/C19H24BrN5O4S/c1-4-29-19(28)24-7-5-23(6-8-24)18(27)13(3)25-10-15(12(2)22-25)21-17(26)16-9-14(20)11-30-16/h9-11,13H,4-8H2,1-3H3,(H,21,26). The summed E-state index contributed by atoms with van der Waals surface area (Å²) in [6.07, 6.45) is 1.33. The van der Waals surface area contributed by atoms with Crippen LogP contribution in [0.3, 0.4) is 0 Å². The number of carbonyl (C=O) groups is 3. The van der Waals surface area contributed by atoms with E-state index in [2.05, 4.69) is 26.3 Å². The largest absolute Gasteiger partial charge is 0.450 e. The average Bonchev–Trinajstić information content (AvgIpc) is 3.33. The fourth-order valence-electron chi connectivity index (χ4n) is 3.12. The Labute approximate surface area is 187 Å². The summed E-state index contributed by atoms with van der Waals surface area (Å²) in [7, 11) is 0. The number of piperazine rings is 1. The number of aryl methyl sites for hydroxylation is 1. The number of carbonyl (C=O) groups excluding carboxylic acids is 3. The molecule has 0 saturated carbocycles. The van der Waals surface area contributed by atoms with E-state index in [1.54, 1.807) is 47.5 Å². The summed E-state index contributed by atoms with van der Waals surface area (Å²) >= 11 is 4.68. The Balaban J connectivity index is 1.61. The third kappa shape index (κ3) is 5.01. The van der Waals surface area contributed by atoms with Crippen molar-refractivity contribution in [3.63, 3.8) is 0 Å². The molecule has 1 saturated heterocycles. The van der Waals surface area contributed by atoms with Gasteiger partial charge < -0.3 is 19.9 Å². The number of rotatable bonds is 5. The smallest absolute Gasteiger partial charge is 0.409 e. The van der Waals surface area contributed by atoms with E-state index in [1.807, 2.05) is 5.38 Å². The fourth-order valence-corrected chi connectivity index (χ4v) is 4.44. The topological polar surface area (TPSA) is 96.8 Å². The van der Waals surface area contributed by atoms with Gasteiger partial charge in [0.1, 0.15) is 6.04 Å². The van der Waals surface area contributed by atoms with Crippen LogP contribution in [0, 0.1) is 6.92 Å². The van der Waals surface area contributed by atoms with E-state index in [0.717, 1.165) is 4.47 Å². The van der Waals surface area contributed by atoms with Gasteiger partial charge in [-0.2, -0.15) is 5.10 Å². The normalized spacial score (nSPS) is 15.1. The zero-order chi connectivity index (χ0) is 21.8. The van der Waals surface area contributed by atoms with Crippen LogP contribution in [-0.4, -0.2) is 70.3 Å². The molecule has 1 fully saturated rings. The van der Waals surface area contributed by atoms with Crippen molar-refractivity contribution in [2.45, 2.75) is 26.8 Å². The number of aromatic nitrogens is 2. The highest BCUT2D eigenvalue weighted by Crippen LogP contribution is 2.23. The molecule has 0 spiro atoms. The number of nitrogens with one attached hydrogen (secondary N) is 1. The quantitative estimate of drug-likeness (QED) is 0.684. The van der Waals surface area contributed by atoms with Gasteiger partial charge in [-0.1, -0.05) is 0 Å². The van der Waals surface area contributed by atoms with Crippen molar-refractivity contribution < 1.29 is 19.1 Å². The van der Waals surface area contributed by atoms with Crippen LogP contribution < -0.4 is 5.32 Å². The monoisotopic (exact) mass is 497 g/mol. The Bertz CT molecular complexity index is 935. The Morgan fingerprint density at radius 2 is 1.93 bits per heavy atom. The van der Waals surface area contributed by atoms with E-state index in [4.69, 9.17) is 4.74 Å². The van der Waals surface area contributed by atoms with E-state index in [9.17, 15) is 14.4 Å². The SMILES string of the molecule is CCOC(=O)N1CCN(C(=O)C(C)n2cc(NC(=O)c3cc(Br)cs3)c(C)n2)CC1. The number of thiophene rings is 1. The molecule has 1 atom stereocenters. The van der Waals surface area contributed by atoms with Gasteiger partial charge in [0.15, 0.2) is 0 Å². The highest BCUT2D eigenvalue weighted by Gasteiger charge is 2.29. The van der Waals surface area contributed by atoms with Crippen molar-refractivity contribution in [2.24, 2.45) is 0 Å². The van der Waals surface area contributed by atoms with Crippen LogP contribution >= 0.6 is 27.3 Å². The van der Waals surface area contributed by atoms with Gasteiger partial charge in [0.25, 0.3) is 5.91 Å². The third-order valence-corrected chi connectivity index (χ3v) is 6.52. The number of halogens is 1. The lowest BCUT2D eigenvalue weighted by atomic mass is 10.2. The van der Waals surface area contributed by atoms with Crippen molar-refractivity contribution in [1.29, 1.82) is 0 Å². The number of anilines is 1. The summed E-state index contributed by atoms with van der Waals surface area (Å²) in [6, 6.07) is 1.22. The van der Waals surface area contributed by atoms with Gasteiger partial charge in [-0.25, -0.2) is 4.79 Å². The van der Waals surface area contributed by atoms with E-state index < -0.39 is 6.04 Å². The lowest BCUT2D eigenvalue weighted by Gasteiger charge is -2.35. The van der Waals surface area contributed by atoms with Crippen LogP contribution in [0.1, 0.15) is 35.3 Å². The van der Waals surface area contributed by atoms with Crippen LogP contribution in [0.15, 0.2) is 22.1 Å². The molecule has 0 bridgehead atoms. The fraction of sp³-hybridized carbons (Fsp3) is 0.474. The van der Waals surface area contributed by atoms with Crippen molar-refractivity contribution in [1.82, 2.24) is 19.6 Å². The summed E-state index contributed by atoms with van der Waals surface area (Å²) in [5.74, 6) is -0.302. The average molecular weight is 498 g/mol. The van der Waals surface area contributed by atoms with Crippen LogP contribution in [0.5, 0.6) is 0 Å². The first kappa shape index (κ1) is 22.3. The molecule has 11 heteroatoms. The van der Waals surface area contributed by atoms with Gasteiger partial charge in [0, 0.05) is 42.2 Å². The summed E-state index contributed by atoms with van der Waals surface area (Å²) in [4.78, 5) is 41.0. The minimum atomic E-state index is -0.528. The molecule has 1 unspecified atom stereocenters. The minimum absolute atomic E-state index is 0.0823.